The van der Waals surface area contributed by atoms with Crippen LogP contribution in [0.3, 0.4) is 0 Å². The van der Waals surface area contributed by atoms with Gasteiger partial charge in [0.15, 0.2) is 0 Å². The summed E-state index contributed by atoms with van der Waals surface area (Å²) in [5.74, 6) is 1.54. The van der Waals surface area contributed by atoms with Crippen LogP contribution < -0.4 is 9.47 Å². The topological polar surface area (TPSA) is 62.2 Å². The van der Waals surface area contributed by atoms with Gasteiger partial charge in [-0.15, -0.1) is 0 Å². The monoisotopic (exact) mass is 343 g/mol. The third-order valence-electron chi connectivity index (χ3n) is 4.33. The molecule has 1 saturated heterocycles. The molecule has 2 aromatic carbocycles. The molecule has 25 heavy (non-hydrogen) atoms. The summed E-state index contributed by atoms with van der Waals surface area (Å²) in [7, 11) is 0. The highest BCUT2D eigenvalue weighted by molar-refractivity contribution is 5.28. The molecule has 3 rings (SSSR count). The smallest absolute Gasteiger partial charge is 0.119 e. The third kappa shape index (κ3) is 5.19. The zero-order chi connectivity index (χ0) is 17.5. The Kier molecular flexibility index (Phi) is 5.91. The predicted octanol–water partition coefficient (Wildman–Crippen LogP) is 2.07. The fourth-order valence-corrected chi connectivity index (χ4v) is 3.08. The van der Waals surface area contributed by atoms with Gasteiger partial charge in [-0.2, -0.15) is 0 Å². The standard InChI is InChI=1S/C20H25NO4/c22-11-12-24-19-8-4-5-17(13-19)14-21-10-9-20(23,15-21)16-25-18-6-2-1-3-7-18/h1-8,13,22-23H,9-12,14-16H2/t20-/m0/s1. The van der Waals surface area contributed by atoms with Gasteiger partial charge in [-0.25, -0.2) is 0 Å². The molecular formula is C20H25NO4. The largest absolute Gasteiger partial charge is 0.491 e. The van der Waals surface area contributed by atoms with Gasteiger partial charge in [0.25, 0.3) is 0 Å². The predicted molar refractivity (Wildman–Crippen MR) is 95.8 cm³/mol. The van der Waals surface area contributed by atoms with Gasteiger partial charge < -0.3 is 19.7 Å². The Morgan fingerprint density at radius 2 is 1.80 bits per heavy atom. The summed E-state index contributed by atoms with van der Waals surface area (Å²) < 4.78 is 11.2. The summed E-state index contributed by atoms with van der Waals surface area (Å²) in [5, 5.41) is 19.6. The maximum Gasteiger partial charge on any atom is 0.119 e. The number of ether oxygens (including phenoxy) is 2. The van der Waals surface area contributed by atoms with Gasteiger partial charge >= 0.3 is 0 Å². The fourth-order valence-electron chi connectivity index (χ4n) is 3.08. The first-order valence-corrected chi connectivity index (χ1v) is 8.62. The maximum absolute atomic E-state index is 10.8. The van der Waals surface area contributed by atoms with E-state index in [0.717, 1.165) is 30.2 Å². The zero-order valence-corrected chi connectivity index (χ0v) is 14.3. The van der Waals surface area contributed by atoms with Gasteiger partial charge in [-0.05, 0) is 36.2 Å². The SMILES string of the molecule is OCCOc1cccc(CN2CC[C@@](O)(COc3ccccc3)C2)c1. The first kappa shape index (κ1) is 17.7. The van der Waals surface area contributed by atoms with Crippen molar-refractivity contribution in [2.45, 2.75) is 18.6 Å². The van der Waals surface area contributed by atoms with E-state index in [-0.39, 0.29) is 6.61 Å². The summed E-state index contributed by atoms with van der Waals surface area (Å²) in [6, 6.07) is 17.4. The second-order valence-electron chi connectivity index (χ2n) is 6.51. The van der Waals surface area contributed by atoms with E-state index >= 15 is 0 Å². The van der Waals surface area contributed by atoms with Crippen LogP contribution in [0.4, 0.5) is 0 Å². The fraction of sp³-hybridized carbons (Fsp3) is 0.400. The minimum atomic E-state index is -0.819. The average molecular weight is 343 g/mol. The molecule has 5 heteroatoms. The van der Waals surface area contributed by atoms with Gasteiger partial charge in [-0.3, -0.25) is 4.90 Å². The van der Waals surface area contributed by atoms with Crippen molar-refractivity contribution in [3.05, 3.63) is 60.2 Å². The second-order valence-corrected chi connectivity index (χ2v) is 6.51. The first-order chi connectivity index (χ1) is 12.2. The molecular weight excluding hydrogens is 318 g/mol. The van der Waals surface area contributed by atoms with Crippen LogP contribution in [0.2, 0.25) is 0 Å². The van der Waals surface area contributed by atoms with E-state index in [4.69, 9.17) is 14.6 Å². The molecule has 5 nitrogen and oxygen atoms in total. The number of aliphatic hydroxyl groups is 2. The highest BCUT2D eigenvalue weighted by Gasteiger charge is 2.36. The lowest BCUT2D eigenvalue weighted by atomic mass is 10.1. The van der Waals surface area contributed by atoms with Crippen molar-refractivity contribution in [2.75, 3.05) is 32.9 Å². The molecule has 0 bridgehead atoms. The first-order valence-electron chi connectivity index (χ1n) is 8.62. The second kappa shape index (κ2) is 8.34. The Bertz CT molecular complexity index is 664. The third-order valence-corrected chi connectivity index (χ3v) is 4.33. The number of para-hydroxylation sites is 1. The van der Waals surface area contributed by atoms with Gasteiger partial charge in [0.2, 0.25) is 0 Å². The molecule has 0 radical (unpaired) electrons. The number of β-amino-alcohol motifs (C(OH)–C–C–N with tert-alkyl or cyclic N) is 1. The molecule has 0 aromatic heterocycles. The molecule has 1 atom stereocenters. The highest BCUT2D eigenvalue weighted by Crippen LogP contribution is 2.25. The molecule has 1 heterocycles. The van der Waals surface area contributed by atoms with E-state index in [1.807, 2.05) is 54.6 Å². The summed E-state index contributed by atoms with van der Waals surface area (Å²) in [6.07, 6.45) is 0.695. The molecule has 1 aliphatic heterocycles. The molecule has 0 unspecified atom stereocenters. The molecule has 1 fully saturated rings. The van der Waals surface area contributed by atoms with Crippen molar-refractivity contribution in [3.63, 3.8) is 0 Å². The van der Waals surface area contributed by atoms with Crippen LogP contribution in [-0.2, 0) is 6.54 Å². The Labute approximate surface area is 148 Å². The summed E-state index contributed by atoms with van der Waals surface area (Å²) in [4.78, 5) is 2.22. The maximum atomic E-state index is 10.8. The van der Waals surface area contributed by atoms with Crippen molar-refractivity contribution in [1.29, 1.82) is 0 Å². The molecule has 0 saturated carbocycles. The lowest BCUT2D eigenvalue weighted by Crippen LogP contribution is -2.39. The van der Waals surface area contributed by atoms with Crippen LogP contribution in [0, 0.1) is 0 Å². The van der Waals surface area contributed by atoms with Crippen LogP contribution in [0.25, 0.3) is 0 Å². The van der Waals surface area contributed by atoms with E-state index in [2.05, 4.69) is 4.90 Å². The molecule has 2 N–H and O–H groups in total. The quantitative estimate of drug-likeness (QED) is 0.768. The molecule has 134 valence electrons. The summed E-state index contributed by atoms with van der Waals surface area (Å²) in [6.45, 7) is 2.77. The molecule has 2 aromatic rings. The van der Waals surface area contributed by atoms with Crippen molar-refractivity contribution in [2.24, 2.45) is 0 Å². The average Bonchev–Trinajstić information content (AvgIpc) is 3.01. The van der Waals surface area contributed by atoms with Crippen LogP contribution >= 0.6 is 0 Å². The number of hydrogen-bond acceptors (Lipinski definition) is 5. The molecule has 0 amide bonds. The Morgan fingerprint density at radius 3 is 2.60 bits per heavy atom. The molecule has 0 aliphatic carbocycles. The number of likely N-dealkylation sites (tertiary alicyclic amines) is 1. The van der Waals surface area contributed by atoms with Crippen LogP contribution in [0.5, 0.6) is 11.5 Å². The summed E-state index contributed by atoms with van der Waals surface area (Å²) >= 11 is 0. The minimum absolute atomic E-state index is 0.00476. The molecule has 0 spiro atoms. The van der Waals surface area contributed by atoms with E-state index in [0.29, 0.717) is 26.2 Å². The van der Waals surface area contributed by atoms with E-state index in [9.17, 15) is 5.11 Å². The van der Waals surface area contributed by atoms with Crippen molar-refractivity contribution in [3.8, 4) is 11.5 Å². The summed E-state index contributed by atoms with van der Waals surface area (Å²) in [5.41, 5.74) is 0.310. The number of nitrogens with zero attached hydrogens (tertiary/aromatic N) is 1. The van der Waals surface area contributed by atoms with E-state index < -0.39 is 5.60 Å². The highest BCUT2D eigenvalue weighted by atomic mass is 16.5. The molecule has 1 aliphatic rings. The zero-order valence-electron chi connectivity index (χ0n) is 14.3. The van der Waals surface area contributed by atoms with Crippen molar-refractivity contribution < 1.29 is 19.7 Å². The van der Waals surface area contributed by atoms with Gasteiger partial charge in [0.1, 0.15) is 30.3 Å². The number of benzene rings is 2. The Morgan fingerprint density at radius 1 is 1.00 bits per heavy atom. The lowest BCUT2D eigenvalue weighted by Gasteiger charge is -2.24. The Hall–Kier alpha value is -2.08. The van der Waals surface area contributed by atoms with Crippen LogP contribution in [-0.4, -0.2) is 53.6 Å². The Balaban J connectivity index is 1.52. The lowest BCUT2D eigenvalue weighted by molar-refractivity contribution is 0.00338. The van der Waals surface area contributed by atoms with Gasteiger partial charge in [-0.1, -0.05) is 30.3 Å². The number of aliphatic hydroxyl groups excluding tert-OH is 1. The number of hydrogen-bond donors (Lipinski definition) is 2. The van der Waals surface area contributed by atoms with Gasteiger partial charge in [0, 0.05) is 19.6 Å². The number of rotatable bonds is 8. The van der Waals surface area contributed by atoms with E-state index in [1.54, 1.807) is 0 Å². The van der Waals surface area contributed by atoms with Crippen LogP contribution in [0.15, 0.2) is 54.6 Å². The normalized spacial score (nSPS) is 20.6. The van der Waals surface area contributed by atoms with Crippen LogP contribution in [0.1, 0.15) is 12.0 Å². The minimum Gasteiger partial charge on any atom is -0.491 e. The van der Waals surface area contributed by atoms with Gasteiger partial charge in [0.05, 0.1) is 6.61 Å². The van der Waals surface area contributed by atoms with Crippen molar-refractivity contribution >= 4 is 0 Å². The van der Waals surface area contributed by atoms with Crippen molar-refractivity contribution in [1.82, 2.24) is 4.90 Å². The van der Waals surface area contributed by atoms with E-state index in [1.165, 1.54) is 0 Å².